The van der Waals surface area contributed by atoms with E-state index in [1.165, 1.54) is 12.1 Å². The van der Waals surface area contributed by atoms with Gasteiger partial charge in [0.25, 0.3) is 5.69 Å². The summed E-state index contributed by atoms with van der Waals surface area (Å²) in [5, 5.41) is 14.1. The molecule has 1 unspecified atom stereocenters. The molecule has 0 saturated carbocycles. The Balaban J connectivity index is 2.23. The van der Waals surface area contributed by atoms with Crippen LogP contribution in [0.4, 0.5) is 11.4 Å². The summed E-state index contributed by atoms with van der Waals surface area (Å²) in [4.78, 5) is 10.3. The fourth-order valence-electron chi connectivity index (χ4n) is 2.00. The average molecular weight is 351 g/mol. The Kier molecular flexibility index (Phi) is 5.30. The van der Waals surface area contributed by atoms with Crippen molar-refractivity contribution in [1.82, 2.24) is 0 Å². The highest BCUT2D eigenvalue weighted by Gasteiger charge is 2.14. The van der Waals surface area contributed by atoms with E-state index < -0.39 is 4.92 Å². The molecule has 2 rings (SSSR count). The minimum Gasteiger partial charge on any atom is -0.382 e. The summed E-state index contributed by atoms with van der Waals surface area (Å²) in [5.41, 5.74) is 1.92. The molecular formula is C15H15BrN2O3. The molecule has 0 saturated heterocycles. The van der Waals surface area contributed by atoms with Crippen LogP contribution in [0.1, 0.15) is 11.6 Å². The topological polar surface area (TPSA) is 64.4 Å². The molecular weight excluding hydrogens is 336 g/mol. The Hall–Kier alpha value is -1.92. The lowest BCUT2D eigenvalue weighted by molar-refractivity contribution is -0.384. The van der Waals surface area contributed by atoms with Gasteiger partial charge in [-0.05, 0) is 27.6 Å². The first-order valence-corrected chi connectivity index (χ1v) is 7.15. The van der Waals surface area contributed by atoms with Gasteiger partial charge in [-0.15, -0.1) is 0 Å². The predicted molar refractivity (Wildman–Crippen MR) is 85.5 cm³/mol. The molecule has 0 aliphatic heterocycles. The summed E-state index contributed by atoms with van der Waals surface area (Å²) in [6.07, 6.45) is 0. The minimum absolute atomic E-state index is 0.0334. The van der Waals surface area contributed by atoms with Gasteiger partial charge in [-0.1, -0.05) is 30.3 Å². The number of hydrogen-bond acceptors (Lipinski definition) is 4. The van der Waals surface area contributed by atoms with Gasteiger partial charge in [0.1, 0.15) is 0 Å². The van der Waals surface area contributed by atoms with E-state index in [-0.39, 0.29) is 11.7 Å². The minimum atomic E-state index is -0.418. The van der Waals surface area contributed by atoms with E-state index in [1.54, 1.807) is 13.2 Å². The fourth-order valence-corrected chi connectivity index (χ4v) is 2.48. The van der Waals surface area contributed by atoms with Crippen molar-refractivity contribution in [3.8, 4) is 0 Å². The van der Waals surface area contributed by atoms with Gasteiger partial charge in [0, 0.05) is 29.4 Å². The van der Waals surface area contributed by atoms with Crippen LogP contribution in [0.5, 0.6) is 0 Å². The predicted octanol–water partition coefficient (Wildman–Crippen LogP) is 4.16. The standard InChI is InChI=1S/C15H15BrN2O3/c1-21-10-15(11-5-3-2-4-6-11)17-14-8-7-12(18(19)20)9-13(14)16/h2-9,15,17H,10H2,1H3. The number of ether oxygens (including phenoxy) is 1. The van der Waals surface area contributed by atoms with E-state index in [2.05, 4.69) is 21.2 Å². The van der Waals surface area contributed by atoms with Gasteiger partial charge < -0.3 is 10.1 Å². The third-order valence-electron chi connectivity index (χ3n) is 3.03. The van der Waals surface area contributed by atoms with Gasteiger partial charge >= 0.3 is 0 Å². The molecule has 0 spiro atoms. The number of rotatable bonds is 6. The molecule has 5 nitrogen and oxygen atoms in total. The van der Waals surface area contributed by atoms with Crippen LogP contribution in [0.3, 0.4) is 0 Å². The first-order chi connectivity index (χ1) is 10.1. The maximum Gasteiger partial charge on any atom is 0.270 e. The van der Waals surface area contributed by atoms with Crippen molar-refractivity contribution in [1.29, 1.82) is 0 Å². The third-order valence-corrected chi connectivity index (χ3v) is 3.68. The van der Waals surface area contributed by atoms with Crippen LogP contribution in [0.15, 0.2) is 53.0 Å². The number of halogens is 1. The van der Waals surface area contributed by atoms with Crippen LogP contribution in [0, 0.1) is 10.1 Å². The number of nitro benzene ring substituents is 1. The van der Waals surface area contributed by atoms with Crippen molar-refractivity contribution >= 4 is 27.3 Å². The summed E-state index contributed by atoms with van der Waals surface area (Å²) < 4.78 is 5.89. The fraction of sp³-hybridized carbons (Fsp3) is 0.200. The molecule has 0 bridgehead atoms. The lowest BCUT2D eigenvalue weighted by Gasteiger charge is -2.20. The molecule has 0 aromatic heterocycles. The van der Waals surface area contributed by atoms with Gasteiger partial charge in [0.2, 0.25) is 0 Å². The maximum atomic E-state index is 10.8. The number of nitro groups is 1. The Morgan fingerprint density at radius 3 is 2.57 bits per heavy atom. The van der Waals surface area contributed by atoms with Gasteiger partial charge in [-0.3, -0.25) is 10.1 Å². The van der Waals surface area contributed by atoms with Gasteiger partial charge in [0.05, 0.1) is 17.6 Å². The van der Waals surface area contributed by atoms with Crippen molar-refractivity contribution in [2.24, 2.45) is 0 Å². The molecule has 0 radical (unpaired) electrons. The van der Waals surface area contributed by atoms with Crippen LogP contribution < -0.4 is 5.32 Å². The molecule has 0 amide bonds. The largest absolute Gasteiger partial charge is 0.382 e. The molecule has 110 valence electrons. The molecule has 1 atom stereocenters. The monoisotopic (exact) mass is 350 g/mol. The van der Waals surface area contributed by atoms with Crippen molar-refractivity contribution in [3.63, 3.8) is 0 Å². The van der Waals surface area contributed by atoms with E-state index in [0.717, 1.165) is 11.3 Å². The number of methoxy groups -OCH3 is 1. The molecule has 2 aromatic carbocycles. The quantitative estimate of drug-likeness (QED) is 0.627. The zero-order chi connectivity index (χ0) is 15.2. The van der Waals surface area contributed by atoms with Crippen LogP contribution in [-0.2, 0) is 4.74 Å². The maximum absolute atomic E-state index is 10.8. The summed E-state index contributed by atoms with van der Waals surface area (Å²) in [5.74, 6) is 0. The van der Waals surface area contributed by atoms with E-state index in [1.807, 2.05) is 30.3 Å². The second-order valence-corrected chi connectivity index (χ2v) is 5.34. The molecule has 0 fully saturated rings. The van der Waals surface area contributed by atoms with Gasteiger partial charge in [-0.25, -0.2) is 0 Å². The first kappa shape index (κ1) is 15.5. The van der Waals surface area contributed by atoms with Crippen LogP contribution >= 0.6 is 15.9 Å². The zero-order valence-electron chi connectivity index (χ0n) is 11.5. The van der Waals surface area contributed by atoms with E-state index >= 15 is 0 Å². The number of benzene rings is 2. The molecule has 21 heavy (non-hydrogen) atoms. The Morgan fingerprint density at radius 2 is 2.00 bits per heavy atom. The van der Waals surface area contributed by atoms with Crippen molar-refractivity contribution in [2.75, 3.05) is 19.0 Å². The molecule has 2 aromatic rings. The second kappa shape index (κ2) is 7.19. The highest BCUT2D eigenvalue weighted by atomic mass is 79.9. The van der Waals surface area contributed by atoms with Crippen molar-refractivity contribution in [3.05, 3.63) is 68.7 Å². The SMILES string of the molecule is COCC(Nc1ccc([N+](=O)[O-])cc1Br)c1ccccc1. The van der Waals surface area contributed by atoms with Crippen LogP contribution in [0.2, 0.25) is 0 Å². The van der Waals surface area contributed by atoms with E-state index in [9.17, 15) is 10.1 Å². The Labute approximate surface area is 131 Å². The normalized spacial score (nSPS) is 11.9. The zero-order valence-corrected chi connectivity index (χ0v) is 13.0. The summed E-state index contributed by atoms with van der Waals surface area (Å²) >= 11 is 3.36. The highest BCUT2D eigenvalue weighted by molar-refractivity contribution is 9.10. The average Bonchev–Trinajstić information content (AvgIpc) is 2.49. The number of anilines is 1. The number of hydrogen-bond donors (Lipinski definition) is 1. The smallest absolute Gasteiger partial charge is 0.270 e. The summed E-state index contributed by atoms with van der Waals surface area (Å²) in [6, 6.07) is 14.5. The Bertz CT molecular complexity index is 620. The van der Waals surface area contributed by atoms with Crippen molar-refractivity contribution < 1.29 is 9.66 Å². The second-order valence-electron chi connectivity index (χ2n) is 4.48. The summed E-state index contributed by atoms with van der Waals surface area (Å²) in [6.45, 7) is 0.493. The lowest BCUT2D eigenvalue weighted by Crippen LogP contribution is -2.16. The highest BCUT2D eigenvalue weighted by Crippen LogP contribution is 2.30. The molecule has 0 heterocycles. The van der Waals surface area contributed by atoms with Gasteiger partial charge in [0.15, 0.2) is 0 Å². The number of non-ortho nitro benzene ring substituents is 1. The third kappa shape index (κ3) is 4.03. The Morgan fingerprint density at radius 1 is 1.29 bits per heavy atom. The van der Waals surface area contributed by atoms with E-state index in [0.29, 0.717) is 11.1 Å². The van der Waals surface area contributed by atoms with Gasteiger partial charge in [-0.2, -0.15) is 0 Å². The van der Waals surface area contributed by atoms with Crippen LogP contribution in [0.25, 0.3) is 0 Å². The lowest BCUT2D eigenvalue weighted by atomic mass is 10.1. The first-order valence-electron chi connectivity index (χ1n) is 6.36. The molecule has 6 heteroatoms. The van der Waals surface area contributed by atoms with Crippen molar-refractivity contribution in [2.45, 2.75) is 6.04 Å². The molecule has 1 N–H and O–H groups in total. The molecule has 0 aliphatic carbocycles. The number of nitrogens with zero attached hydrogens (tertiary/aromatic N) is 1. The summed E-state index contributed by atoms with van der Waals surface area (Å²) in [7, 11) is 1.64. The van der Waals surface area contributed by atoms with E-state index in [4.69, 9.17) is 4.74 Å². The number of nitrogens with one attached hydrogen (secondary N) is 1. The molecule has 0 aliphatic rings. The van der Waals surface area contributed by atoms with Crippen LogP contribution in [-0.4, -0.2) is 18.6 Å².